The fourth-order valence-corrected chi connectivity index (χ4v) is 4.77. The summed E-state index contributed by atoms with van der Waals surface area (Å²) in [6.07, 6.45) is 0. The predicted molar refractivity (Wildman–Crippen MR) is 94.0 cm³/mol. The summed E-state index contributed by atoms with van der Waals surface area (Å²) in [5, 5.41) is 9.38. The van der Waals surface area contributed by atoms with Crippen LogP contribution < -0.4 is 0 Å². The van der Waals surface area contributed by atoms with Gasteiger partial charge in [-0.3, -0.25) is 14.5 Å². The topological polar surface area (TPSA) is 74.7 Å². The van der Waals surface area contributed by atoms with E-state index in [9.17, 15) is 19.5 Å². The second kappa shape index (κ2) is 6.33. The summed E-state index contributed by atoms with van der Waals surface area (Å²) in [5.41, 5.74) is 0.303. The van der Waals surface area contributed by atoms with Crippen LogP contribution in [0.3, 0.4) is 0 Å². The number of benzene rings is 1. The van der Waals surface area contributed by atoms with Crippen molar-refractivity contribution in [2.45, 2.75) is 19.9 Å². The van der Waals surface area contributed by atoms with Gasteiger partial charge in [0.15, 0.2) is 0 Å². The summed E-state index contributed by atoms with van der Waals surface area (Å²) in [5.74, 6) is -2.87. The van der Waals surface area contributed by atoms with Crippen molar-refractivity contribution in [3.05, 3.63) is 29.0 Å². The number of hydrogen-bond donors (Lipinski definition) is 1. The summed E-state index contributed by atoms with van der Waals surface area (Å²) >= 11 is 13.2. The zero-order valence-corrected chi connectivity index (χ0v) is 17.6. The lowest BCUT2D eigenvalue weighted by Crippen LogP contribution is -2.47. The standard InChI is InChI=1S/C13H9Br4NO4/c1-3(2)10(13(21)22)18-11(19)4-5(12(18)20)7(15)9(17)8(16)6(4)14/h3,10H,1-2H3,(H,21,22). The van der Waals surface area contributed by atoms with Gasteiger partial charge in [-0.05, 0) is 69.6 Å². The molecule has 0 spiro atoms. The molecule has 1 heterocycles. The Balaban J connectivity index is 2.71. The molecule has 1 aliphatic rings. The van der Waals surface area contributed by atoms with Crippen molar-refractivity contribution >= 4 is 81.5 Å². The van der Waals surface area contributed by atoms with Crippen LogP contribution >= 0.6 is 63.7 Å². The molecule has 1 unspecified atom stereocenters. The number of amides is 2. The van der Waals surface area contributed by atoms with Crippen LogP contribution in [0.25, 0.3) is 0 Å². The van der Waals surface area contributed by atoms with E-state index >= 15 is 0 Å². The van der Waals surface area contributed by atoms with Crippen molar-refractivity contribution in [1.82, 2.24) is 4.90 Å². The molecule has 2 rings (SSSR count). The number of carboxylic acids is 1. The largest absolute Gasteiger partial charge is 0.480 e. The van der Waals surface area contributed by atoms with Gasteiger partial charge in [-0.15, -0.1) is 0 Å². The summed E-state index contributed by atoms with van der Waals surface area (Å²) in [6.45, 7) is 3.30. The number of rotatable bonds is 3. The Morgan fingerprint density at radius 3 is 1.55 bits per heavy atom. The maximum atomic E-state index is 12.6. The molecule has 5 nitrogen and oxygen atoms in total. The number of carbonyl (C=O) groups is 3. The zero-order chi connectivity index (χ0) is 16.9. The molecule has 0 saturated carbocycles. The lowest BCUT2D eigenvalue weighted by molar-refractivity contribution is -0.143. The summed E-state index contributed by atoms with van der Waals surface area (Å²) in [7, 11) is 0. The minimum atomic E-state index is -1.22. The Bertz CT molecular complexity index is 670. The van der Waals surface area contributed by atoms with Crippen LogP contribution in [0, 0.1) is 5.92 Å². The second-order valence-corrected chi connectivity index (χ2v) is 8.19. The summed E-state index contributed by atoms with van der Waals surface area (Å²) < 4.78 is 1.95. The zero-order valence-electron chi connectivity index (χ0n) is 11.3. The number of hydrogen-bond acceptors (Lipinski definition) is 3. The minimum absolute atomic E-state index is 0.152. The minimum Gasteiger partial charge on any atom is -0.480 e. The first-order valence-corrected chi connectivity index (χ1v) is 9.25. The SMILES string of the molecule is CC(C)C(C(=O)O)N1C(=O)c2c(Br)c(Br)c(Br)c(Br)c2C1=O. The van der Waals surface area contributed by atoms with Gasteiger partial charge >= 0.3 is 5.97 Å². The Morgan fingerprint density at radius 1 is 0.909 bits per heavy atom. The molecule has 1 aliphatic heterocycles. The highest BCUT2D eigenvalue weighted by atomic mass is 79.9. The molecule has 1 aromatic carbocycles. The van der Waals surface area contributed by atoms with E-state index in [1.54, 1.807) is 13.8 Å². The first kappa shape index (κ1) is 18.1. The molecular formula is C13H9Br4NO4. The molecule has 118 valence electrons. The van der Waals surface area contributed by atoms with Crippen molar-refractivity contribution in [1.29, 1.82) is 0 Å². The van der Waals surface area contributed by atoms with Crippen molar-refractivity contribution in [3.63, 3.8) is 0 Å². The van der Waals surface area contributed by atoms with Crippen molar-refractivity contribution in [3.8, 4) is 0 Å². The van der Waals surface area contributed by atoms with E-state index in [2.05, 4.69) is 63.7 Å². The van der Waals surface area contributed by atoms with E-state index in [1.807, 2.05) is 0 Å². The third-order valence-electron chi connectivity index (χ3n) is 3.30. The van der Waals surface area contributed by atoms with Gasteiger partial charge in [0.05, 0.1) is 11.1 Å². The molecule has 0 radical (unpaired) electrons. The fraction of sp³-hybridized carbons (Fsp3) is 0.308. The Morgan fingerprint density at radius 2 is 1.27 bits per heavy atom. The molecule has 0 fully saturated rings. The molecule has 2 amide bonds. The van der Waals surface area contributed by atoms with Crippen molar-refractivity contribution < 1.29 is 19.5 Å². The van der Waals surface area contributed by atoms with Crippen LogP contribution in [0.2, 0.25) is 0 Å². The van der Waals surface area contributed by atoms with Crippen molar-refractivity contribution in [2.24, 2.45) is 5.92 Å². The van der Waals surface area contributed by atoms with E-state index in [0.717, 1.165) is 4.90 Å². The highest BCUT2D eigenvalue weighted by molar-refractivity contribution is 9.15. The third-order valence-corrected chi connectivity index (χ3v) is 8.06. The van der Waals surface area contributed by atoms with Gasteiger partial charge < -0.3 is 5.11 Å². The Kier molecular flexibility index (Phi) is 5.21. The summed E-state index contributed by atoms with van der Waals surface area (Å²) in [4.78, 5) is 37.6. The fourth-order valence-electron chi connectivity index (χ4n) is 2.31. The van der Waals surface area contributed by atoms with Gasteiger partial charge in [-0.1, -0.05) is 13.8 Å². The van der Waals surface area contributed by atoms with E-state index in [0.29, 0.717) is 17.9 Å². The maximum Gasteiger partial charge on any atom is 0.327 e. The molecule has 0 aromatic heterocycles. The van der Waals surface area contributed by atoms with Crippen LogP contribution in [0.5, 0.6) is 0 Å². The number of halogens is 4. The number of carboxylic acid groups (broad SMARTS) is 1. The molecule has 0 aliphatic carbocycles. The molecule has 22 heavy (non-hydrogen) atoms. The van der Waals surface area contributed by atoms with Crippen LogP contribution in [0.4, 0.5) is 0 Å². The van der Waals surface area contributed by atoms with Gasteiger partial charge in [-0.25, -0.2) is 4.79 Å². The van der Waals surface area contributed by atoms with E-state index < -0.39 is 29.7 Å². The van der Waals surface area contributed by atoms with Crippen molar-refractivity contribution in [2.75, 3.05) is 0 Å². The number of nitrogens with zero attached hydrogens (tertiary/aromatic N) is 1. The predicted octanol–water partition coefficient (Wildman–Crippen LogP) is 4.44. The van der Waals surface area contributed by atoms with Gasteiger partial charge in [0, 0.05) is 17.9 Å². The molecule has 1 N–H and O–H groups in total. The molecule has 0 bridgehead atoms. The van der Waals surface area contributed by atoms with Gasteiger partial charge in [0.1, 0.15) is 6.04 Å². The number of carbonyl (C=O) groups excluding carboxylic acids is 2. The van der Waals surface area contributed by atoms with Gasteiger partial charge in [0.25, 0.3) is 11.8 Å². The van der Waals surface area contributed by atoms with Crippen LogP contribution in [-0.4, -0.2) is 33.8 Å². The maximum absolute atomic E-state index is 12.6. The van der Waals surface area contributed by atoms with E-state index in [1.165, 1.54) is 0 Å². The average Bonchev–Trinajstić information content (AvgIpc) is 2.67. The third kappa shape index (κ3) is 2.59. The number of aliphatic carboxylic acids is 1. The number of imide groups is 1. The van der Waals surface area contributed by atoms with Crippen LogP contribution in [0.1, 0.15) is 34.6 Å². The number of fused-ring (bicyclic) bond motifs is 1. The highest BCUT2D eigenvalue weighted by Crippen LogP contribution is 2.45. The first-order chi connectivity index (χ1) is 10.1. The van der Waals surface area contributed by atoms with Gasteiger partial charge in [-0.2, -0.15) is 0 Å². The smallest absolute Gasteiger partial charge is 0.327 e. The second-order valence-electron chi connectivity index (χ2n) is 5.01. The lowest BCUT2D eigenvalue weighted by atomic mass is 10.0. The molecular weight excluding hydrogens is 554 g/mol. The first-order valence-electron chi connectivity index (χ1n) is 6.07. The Labute approximate surface area is 159 Å². The van der Waals surface area contributed by atoms with Crippen LogP contribution in [-0.2, 0) is 4.79 Å². The van der Waals surface area contributed by atoms with Crippen LogP contribution in [0.15, 0.2) is 17.9 Å². The normalized spacial score (nSPS) is 15.5. The van der Waals surface area contributed by atoms with Gasteiger partial charge in [0.2, 0.25) is 0 Å². The molecule has 1 atom stereocenters. The lowest BCUT2D eigenvalue weighted by Gasteiger charge is -2.25. The van der Waals surface area contributed by atoms with E-state index in [-0.39, 0.29) is 11.1 Å². The Hall–Kier alpha value is -0.250. The molecule has 9 heteroatoms. The highest BCUT2D eigenvalue weighted by Gasteiger charge is 2.47. The molecule has 0 saturated heterocycles. The van der Waals surface area contributed by atoms with E-state index in [4.69, 9.17) is 0 Å². The average molecular weight is 563 g/mol. The molecule has 1 aromatic rings. The quantitative estimate of drug-likeness (QED) is 0.336. The summed E-state index contributed by atoms with van der Waals surface area (Å²) in [6, 6.07) is -1.22. The monoisotopic (exact) mass is 559 g/mol.